The third kappa shape index (κ3) is 5.17. The molecule has 0 saturated heterocycles. The van der Waals surface area contributed by atoms with Gasteiger partial charge in [-0.3, -0.25) is 4.72 Å². The Morgan fingerprint density at radius 3 is 2.44 bits per heavy atom. The molecule has 1 heterocycles. The SMILES string of the molecule is CCOc1ccc(CCc2nc3ccc(-c4ccccc4NS(=O)(=O)C(F)(F)F)cc3[nH]2)cc1. The van der Waals surface area contributed by atoms with Crippen LogP contribution in [0.1, 0.15) is 18.3 Å². The van der Waals surface area contributed by atoms with E-state index in [-0.39, 0.29) is 5.69 Å². The first-order valence-corrected chi connectivity index (χ1v) is 12.0. The van der Waals surface area contributed by atoms with Crippen molar-refractivity contribution in [2.75, 3.05) is 11.3 Å². The number of aryl methyl sites for hydroxylation is 2. The number of H-pyrrole nitrogens is 1. The number of aromatic nitrogens is 2. The maximum atomic E-state index is 12.8. The van der Waals surface area contributed by atoms with Crippen molar-refractivity contribution in [3.05, 3.63) is 78.1 Å². The zero-order chi connectivity index (χ0) is 24.3. The van der Waals surface area contributed by atoms with Gasteiger partial charge in [0.2, 0.25) is 0 Å². The largest absolute Gasteiger partial charge is 0.516 e. The molecule has 0 atom stereocenters. The summed E-state index contributed by atoms with van der Waals surface area (Å²) in [6, 6.07) is 19.0. The minimum Gasteiger partial charge on any atom is -0.494 e. The molecular weight excluding hydrogens is 467 g/mol. The van der Waals surface area contributed by atoms with Gasteiger partial charge in [-0.1, -0.05) is 36.4 Å². The predicted octanol–water partition coefficient (Wildman–Crippen LogP) is 5.68. The van der Waals surface area contributed by atoms with Crippen LogP contribution in [0.5, 0.6) is 5.75 Å². The Kier molecular flexibility index (Phi) is 6.52. The van der Waals surface area contributed by atoms with E-state index in [0.29, 0.717) is 35.2 Å². The minimum absolute atomic E-state index is 0.158. The summed E-state index contributed by atoms with van der Waals surface area (Å²) in [5.74, 6) is 1.59. The molecule has 6 nitrogen and oxygen atoms in total. The quantitative estimate of drug-likeness (QED) is 0.334. The van der Waals surface area contributed by atoms with Crippen molar-refractivity contribution in [3.8, 4) is 16.9 Å². The van der Waals surface area contributed by atoms with E-state index in [1.807, 2.05) is 31.2 Å². The zero-order valence-corrected chi connectivity index (χ0v) is 19.0. The topological polar surface area (TPSA) is 84.1 Å². The molecule has 178 valence electrons. The van der Waals surface area contributed by atoms with Crippen molar-refractivity contribution in [2.45, 2.75) is 25.3 Å². The zero-order valence-electron chi connectivity index (χ0n) is 18.2. The van der Waals surface area contributed by atoms with Gasteiger partial charge in [0.15, 0.2) is 0 Å². The first kappa shape index (κ1) is 23.6. The number of alkyl halides is 3. The van der Waals surface area contributed by atoms with E-state index in [0.717, 1.165) is 23.6 Å². The van der Waals surface area contributed by atoms with Gasteiger partial charge in [0.25, 0.3) is 0 Å². The van der Waals surface area contributed by atoms with Crippen LogP contribution >= 0.6 is 0 Å². The molecule has 2 N–H and O–H groups in total. The van der Waals surface area contributed by atoms with Crippen LogP contribution in [0.2, 0.25) is 0 Å². The minimum atomic E-state index is -5.54. The third-order valence-electron chi connectivity index (χ3n) is 5.20. The summed E-state index contributed by atoms with van der Waals surface area (Å²) in [6.45, 7) is 2.54. The first-order chi connectivity index (χ1) is 16.2. The highest BCUT2D eigenvalue weighted by Gasteiger charge is 2.46. The number of hydrogen-bond donors (Lipinski definition) is 2. The van der Waals surface area contributed by atoms with Crippen LogP contribution in [-0.2, 0) is 22.9 Å². The standard InChI is InChI=1S/C24H22F3N3O3S/c1-2-33-18-11-7-16(8-12-18)9-14-23-28-21-13-10-17(15-22(21)29-23)19-5-3-4-6-20(19)30-34(31,32)24(25,26)27/h3-8,10-13,15,30H,2,9,14H2,1H3,(H,28,29). The van der Waals surface area contributed by atoms with Crippen molar-refractivity contribution < 1.29 is 26.3 Å². The number of halogens is 3. The van der Waals surface area contributed by atoms with Gasteiger partial charge in [0.1, 0.15) is 11.6 Å². The molecular formula is C24H22F3N3O3S. The summed E-state index contributed by atoms with van der Waals surface area (Å²) in [5, 5.41) is 0. The van der Waals surface area contributed by atoms with Gasteiger partial charge >= 0.3 is 15.5 Å². The highest BCUT2D eigenvalue weighted by molar-refractivity contribution is 7.93. The van der Waals surface area contributed by atoms with E-state index in [9.17, 15) is 21.6 Å². The van der Waals surface area contributed by atoms with Crippen LogP contribution in [0.3, 0.4) is 0 Å². The normalized spacial score (nSPS) is 12.1. The number of rotatable bonds is 8. The lowest BCUT2D eigenvalue weighted by Gasteiger charge is -2.14. The van der Waals surface area contributed by atoms with Gasteiger partial charge in [-0.05, 0) is 54.8 Å². The summed E-state index contributed by atoms with van der Waals surface area (Å²) in [6.07, 6.45) is 1.43. The van der Waals surface area contributed by atoms with Gasteiger partial charge in [0, 0.05) is 12.0 Å². The molecule has 0 aliphatic carbocycles. The highest BCUT2D eigenvalue weighted by Crippen LogP contribution is 2.33. The van der Waals surface area contributed by atoms with Gasteiger partial charge < -0.3 is 9.72 Å². The first-order valence-electron chi connectivity index (χ1n) is 10.5. The van der Waals surface area contributed by atoms with E-state index in [4.69, 9.17) is 4.74 Å². The van der Waals surface area contributed by atoms with E-state index in [1.54, 1.807) is 35.1 Å². The molecule has 4 rings (SSSR count). The van der Waals surface area contributed by atoms with E-state index in [1.165, 1.54) is 12.1 Å². The van der Waals surface area contributed by atoms with Gasteiger partial charge in [-0.25, -0.2) is 4.98 Å². The van der Waals surface area contributed by atoms with E-state index < -0.39 is 15.5 Å². The van der Waals surface area contributed by atoms with Crippen LogP contribution in [0, 0.1) is 0 Å². The summed E-state index contributed by atoms with van der Waals surface area (Å²) < 4.78 is 68.8. The Labute approximate surface area is 194 Å². The summed E-state index contributed by atoms with van der Waals surface area (Å²) in [7, 11) is -5.54. The molecule has 34 heavy (non-hydrogen) atoms. The molecule has 10 heteroatoms. The molecule has 0 unspecified atom stereocenters. The molecule has 0 aliphatic rings. The van der Waals surface area contributed by atoms with Crippen LogP contribution in [0.25, 0.3) is 22.2 Å². The molecule has 3 aromatic carbocycles. The maximum Gasteiger partial charge on any atom is 0.516 e. The molecule has 1 aromatic heterocycles. The monoisotopic (exact) mass is 489 g/mol. The van der Waals surface area contributed by atoms with Gasteiger partial charge in [-0.2, -0.15) is 21.6 Å². The Morgan fingerprint density at radius 2 is 1.74 bits per heavy atom. The fourth-order valence-corrected chi connectivity index (χ4v) is 4.14. The molecule has 0 amide bonds. The van der Waals surface area contributed by atoms with Crippen molar-refractivity contribution in [1.82, 2.24) is 9.97 Å². The van der Waals surface area contributed by atoms with Crippen molar-refractivity contribution in [1.29, 1.82) is 0 Å². The number of nitrogens with one attached hydrogen (secondary N) is 2. The second kappa shape index (κ2) is 9.38. The maximum absolute atomic E-state index is 12.8. The van der Waals surface area contributed by atoms with E-state index >= 15 is 0 Å². The number of hydrogen-bond acceptors (Lipinski definition) is 4. The number of ether oxygens (including phenoxy) is 1. The summed E-state index contributed by atoms with van der Waals surface area (Å²) >= 11 is 0. The van der Waals surface area contributed by atoms with Crippen molar-refractivity contribution in [3.63, 3.8) is 0 Å². The molecule has 0 aliphatic heterocycles. The number of sulfonamides is 1. The van der Waals surface area contributed by atoms with E-state index in [2.05, 4.69) is 9.97 Å². The number of aromatic amines is 1. The number of imidazole rings is 1. The molecule has 0 saturated carbocycles. The lowest BCUT2D eigenvalue weighted by molar-refractivity contribution is -0.0429. The lowest BCUT2D eigenvalue weighted by atomic mass is 10.0. The Bertz CT molecular complexity index is 1400. The number of benzene rings is 3. The average molecular weight is 490 g/mol. The molecule has 4 aromatic rings. The number of anilines is 1. The van der Waals surface area contributed by atoms with Gasteiger partial charge in [-0.15, -0.1) is 0 Å². The Morgan fingerprint density at radius 1 is 1.00 bits per heavy atom. The van der Waals surface area contributed by atoms with Gasteiger partial charge in [0.05, 0.1) is 23.3 Å². The Hall–Kier alpha value is -3.53. The fourth-order valence-electron chi connectivity index (χ4n) is 3.56. The van der Waals surface area contributed by atoms with Crippen molar-refractivity contribution in [2.24, 2.45) is 0 Å². The number of para-hydroxylation sites is 1. The Balaban J connectivity index is 1.55. The predicted molar refractivity (Wildman–Crippen MR) is 125 cm³/mol. The fraction of sp³-hybridized carbons (Fsp3) is 0.208. The molecule has 0 bridgehead atoms. The summed E-state index contributed by atoms with van der Waals surface area (Å²) in [4.78, 5) is 7.83. The average Bonchev–Trinajstić information content (AvgIpc) is 3.20. The molecule has 0 spiro atoms. The molecule has 0 fully saturated rings. The number of nitrogens with zero attached hydrogens (tertiary/aromatic N) is 1. The second-order valence-corrected chi connectivity index (χ2v) is 9.26. The van der Waals surface area contributed by atoms with Crippen LogP contribution in [0.15, 0.2) is 66.7 Å². The highest BCUT2D eigenvalue weighted by atomic mass is 32.2. The molecule has 0 radical (unpaired) electrons. The lowest BCUT2D eigenvalue weighted by Crippen LogP contribution is -2.30. The third-order valence-corrected chi connectivity index (χ3v) is 6.30. The number of fused-ring (bicyclic) bond motifs is 1. The van der Waals surface area contributed by atoms with Crippen LogP contribution in [0.4, 0.5) is 18.9 Å². The second-order valence-electron chi connectivity index (χ2n) is 7.59. The summed E-state index contributed by atoms with van der Waals surface area (Å²) in [5.41, 5.74) is -2.15. The van der Waals surface area contributed by atoms with Crippen LogP contribution in [-0.4, -0.2) is 30.5 Å². The smallest absolute Gasteiger partial charge is 0.494 e. The van der Waals surface area contributed by atoms with Crippen molar-refractivity contribution >= 4 is 26.7 Å². The van der Waals surface area contributed by atoms with Crippen LogP contribution < -0.4 is 9.46 Å².